The van der Waals surface area contributed by atoms with Crippen LogP contribution in [-0.4, -0.2) is 28.8 Å². The number of benzene rings is 2. The monoisotopic (exact) mass is 716 g/mol. The van der Waals surface area contributed by atoms with Crippen molar-refractivity contribution < 1.29 is 35.9 Å². The summed E-state index contributed by atoms with van der Waals surface area (Å²) in [7, 11) is -8.11. The van der Waals surface area contributed by atoms with Gasteiger partial charge in [0.05, 0.1) is 22.1 Å². The minimum absolute atomic E-state index is 0.00340. The smallest absolute Gasteiger partial charge is 0.315 e. The molecule has 0 saturated carbocycles. The van der Waals surface area contributed by atoms with Crippen molar-refractivity contribution in [2.24, 2.45) is 5.92 Å². The van der Waals surface area contributed by atoms with Crippen LogP contribution in [0.3, 0.4) is 0 Å². The van der Waals surface area contributed by atoms with Crippen molar-refractivity contribution in [2.45, 2.75) is 43.4 Å². The summed E-state index contributed by atoms with van der Waals surface area (Å²) >= 11 is 14.1. The van der Waals surface area contributed by atoms with Gasteiger partial charge in [-0.1, -0.05) is 42.3 Å². The number of esters is 2. The molecule has 0 bridgehead atoms. The van der Waals surface area contributed by atoms with Gasteiger partial charge < -0.3 is 9.47 Å². The maximum atomic E-state index is 13.0. The molecule has 0 saturated heterocycles. The number of hydrogen-bond acceptors (Lipinski definition) is 10. The quantitative estimate of drug-likeness (QED) is 0.146. The highest BCUT2D eigenvalue weighted by molar-refractivity contribution is 7.93. The van der Waals surface area contributed by atoms with E-state index in [4.69, 9.17) is 32.7 Å². The zero-order valence-corrected chi connectivity index (χ0v) is 28.2. The molecule has 2 heterocycles. The summed E-state index contributed by atoms with van der Waals surface area (Å²) in [4.78, 5) is 25.8. The van der Waals surface area contributed by atoms with Crippen molar-refractivity contribution in [3.63, 3.8) is 0 Å². The SMILES string of the molecule is CCC(CC(=O)Oc1sccc1NS(=O)(=O)c1cccc(Cl)c1C)C(=O)Oc1sccc1NS(=O)(=O)c1cccc(Cl)c1C. The van der Waals surface area contributed by atoms with E-state index in [2.05, 4.69) is 9.44 Å². The first-order chi connectivity index (χ1) is 20.7. The van der Waals surface area contributed by atoms with Gasteiger partial charge in [0.25, 0.3) is 20.0 Å². The molecule has 0 radical (unpaired) electrons. The molecule has 4 rings (SSSR count). The number of anilines is 2. The molecule has 16 heteroatoms. The maximum absolute atomic E-state index is 13.0. The van der Waals surface area contributed by atoms with Gasteiger partial charge in [-0.3, -0.25) is 19.0 Å². The average Bonchev–Trinajstić information content (AvgIpc) is 3.57. The van der Waals surface area contributed by atoms with Crippen LogP contribution in [0.5, 0.6) is 10.1 Å². The summed E-state index contributed by atoms with van der Waals surface area (Å²) in [6.45, 7) is 4.83. The zero-order valence-electron chi connectivity index (χ0n) is 23.4. The summed E-state index contributed by atoms with van der Waals surface area (Å²) in [5.41, 5.74) is 0.816. The lowest BCUT2D eigenvalue weighted by Crippen LogP contribution is -2.25. The summed E-state index contributed by atoms with van der Waals surface area (Å²) in [5, 5.41) is 3.65. The number of nitrogens with one attached hydrogen (secondary N) is 2. The van der Waals surface area contributed by atoms with E-state index in [9.17, 15) is 26.4 Å². The minimum Gasteiger partial charge on any atom is -0.413 e. The lowest BCUT2D eigenvalue weighted by Gasteiger charge is -2.15. The van der Waals surface area contributed by atoms with Crippen LogP contribution in [0.25, 0.3) is 0 Å². The van der Waals surface area contributed by atoms with Gasteiger partial charge >= 0.3 is 11.9 Å². The number of carbonyl (C=O) groups is 2. The van der Waals surface area contributed by atoms with E-state index in [1.54, 1.807) is 43.7 Å². The van der Waals surface area contributed by atoms with Crippen LogP contribution >= 0.6 is 45.9 Å². The third kappa shape index (κ3) is 7.73. The number of rotatable bonds is 12. The van der Waals surface area contributed by atoms with Crippen molar-refractivity contribution in [1.29, 1.82) is 0 Å². The molecular formula is C28H26Cl2N2O8S4. The third-order valence-corrected chi connectivity index (χ3v) is 11.8. The maximum Gasteiger partial charge on any atom is 0.315 e. The van der Waals surface area contributed by atoms with Crippen LogP contribution in [0.1, 0.15) is 30.9 Å². The lowest BCUT2D eigenvalue weighted by atomic mass is 10.0. The Hall–Kier alpha value is -3.14. The zero-order chi connectivity index (χ0) is 32.2. The minimum atomic E-state index is -4.06. The molecule has 4 aromatic rings. The first-order valence-corrected chi connectivity index (χ1v) is 18.3. The molecule has 2 aromatic heterocycles. The molecule has 44 heavy (non-hydrogen) atoms. The number of carbonyl (C=O) groups excluding carboxylic acids is 2. The van der Waals surface area contributed by atoms with Crippen LogP contribution in [0, 0.1) is 19.8 Å². The van der Waals surface area contributed by atoms with Gasteiger partial charge in [-0.25, -0.2) is 16.8 Å². The Bertz CT molecular complexity index is 1920. The number of thiophene rings is 2. The number of sulfonamides is 2. The fourth-order valence-corrected chi connectivity index (χ4v) is 8.64. The molecule has 0 spiro atoms. The standard InChI is InChI=1S/C28H26Cl2N2O8S4/c1-4-18(26(34)40-28-22(12-14-42-28)32-44(37,38)24-10-6-8-20(30)17(24)3)15-25(33)39-27-21(11-13-41-27)31-43(35,36)23-9-5-7-19(29)16(23)2/h5-14,18,31-32H,4,15H2,1-3H3. The van der Waals surface area contributed by atoms with Gasteiger partial charge in [0.1, 0.15) is 11.4 Å². The molecule has 0 aliphatic heterocycles. The normalized spacial score (nSPS) is 12.4. The molecule has 0 fully saturated rings. The van der Waals surface area contributed by atoms with Crippen LogP contribution in [-0.2, 0) is 29.6 Å². The molecule has 2 N–H and O–H groups in total. The predicted molar refractivity (Wildman–Crippen MR) is 172 cm³/mol. The Balaban J connectivity index is 1.42. The van der Waals surface area contributed by atoms with Crippen LogP contribution in [0.15, 0.2) is 69.1 Å². The van der Waals surface area contributed by atoms with Gasteiger partial charge in [-0.05, 0) is 78.6 Å². The Labute approximate surface area is 273 Å². The van der Waals surface area contributed by atoms with Gasteiger partial charge in [-0.15, -0.1) is 22.7 Å². The largest absolute Gasteiger partial charge is 0.413 e. The molecular weight excluding hydrogens is 691 g/mol. The molecule has 0 aliphatic carbocycles. The second kappa shape index (κ2) is 13.9. The van der Waals surface area contributed by atoms with Crippen molar-refractivity contribution >= 4 is 89.2 Å². The molecule has 234 valence electrons. The molecule has 1 unspecified atom stereocenters. The Morgan fingerprint density at radius 2 is 1.23 bits per heavy atom. The number of halogens is 2. The Morgan fingerprint density at radius 3 is 1.68 bits per heavy atom. The van der Waals surface area contributed by atoms with Gasteiger partial charge in [0.2, 0.25) is 10.1 Å². The first kappa shape index (κ1) is 33.7. The van der Waals surface area contributed by atoms with E-state index in [1.165, 1.54) is 36.4 Å². The molecule has 0 aliphatic rings. The molecule has 1 atom stereocenters. The summed E-state index contributed by atoms with van der Waals surface area (Å²) in [5.74, 6) is -2.49. The fourth-order valence-electron chi connectivity index (χ4n) is 3.97. The second-order valence-electron chi connectivity index (χ2n) is 9.38. The van der Waals surface area contributed by atoms with Crippen molar-refractivity contribution in [2.75, 3.05) is 9.44 Å². The molecule has 10 nitrogen and oxygen atoms in total. The summed E-state index contributed by atoms with van der Waals surface area (Å²) in [6, 6.07) is 11.9. The molecule has 2 aromatic carbocycles. The lowest BCUT2D eigenvalue weighted by molar-refractivity contribution is -0.145. The van der Waals surface area contributed by atoms with Crippen molar-refractivity contribution in [3.05, 3.63) is 80.5 Å². The average molecular weight is 718 g/mol. The van der Waals surface area contributed by atoms with E-state index < -0.39 is 37.9 Å². The van der Waals surface area contributed by atoms with Crippen molar-refractivity contribution in [1.82, 2.24) is 0 Å². The van der Waals surface area contributed by atoms with Crippen LogP contribution in [0.4, 0.5) is 11.4 Å². The van der Waals surface area contributed by atoms with Crippen molar-refractivity contribution in [3.8, 4) is 10.1 Å². The summed E-state index contributed by atoms with van der Waals surface area (Å²) in [6.07, 6.45) is -0.166. The van der Waals surface area contributed by atoms with E-state index in [1.807, 2.05) is 0 Å². The molecule has 0 amide bonds. The second-order valence-corrected chi connectivity index (χ2v) is 15.3. The fraction of sp³-hybridized carbons (Fsp3) is 0.214. The van der Waals surface area contributed by atoms with Crippen LogP contribution < -0.4 is 18.9 Å². The van der Waals surface area contributed by atoms with E-state index in [-0.39, 0.29) is 54.2 Å². The van der Waals surface area contributed by atoms with E-state index >= 15 is 0 Å². The Morgan fingerprint density at radius 1 is 0.773 bits per heavy atom. The third-order valence-electron chi connectivity index (χ3n) is 6.40. The van der Waals surface area contributed by atoms with E-state index in [0.29, 0.717) is 11.1 Å². The Kier molecular flexibility index (Phi) is 10.6. The van der Waals surface area contributed by atoms with Gasteiger partial charge in [0.15, 0.2) is 0 Å². The summed E-state index contributed by atoms with van der Waals surface area (Å²) < 4.78 is 67.7. The highest BCUT2D eigenvalue weighted by atomic mass is 35.5. The van der Waals surface area contributed by atoms with Crippen LogP contribution in [0.2, 0.25) is 10.0 Å². The predicted octanol–water partition coefficient (Wildman–Crippen LogP) is 7.26. The number of ether oxygens (including phenoxy) is 2. The topological polar surface area (TPSA) is 145 Å². The van der Waals surface area contributed by atoms with Gasteiger partial charge in [0, 0.05) is 10.0 Å². The van der Waals surface area contributed by atoms with E-state index in [0.717, 1.165) is 22.7 Å². The van der Waals surface area contributed by atoms with Gasteiger partial charge in [-0.2, -0.15) is 0 Å². The highest BCUT2D eigenvalue weighted by Gasteiger charge is 2.28. The highest BCUT2D eigenvalue weighted by Crippen LogP contribution is 2.36. The first-order valence-electron chi connectivity index (χ1n) is 12.9. The number of hydrogen-bond donors (Lipinski definition) is 2.